The molecule has 5 N–H and O–H groups in total. The predicted octanol–water partition coefficient (Wildman–Crippen LogP) is -3.06. The second-order valence-electron chi connectivity index (χ2n) is 3.63. The van der Waals surface area contributed by atoms with Crippen LogP contribution >= 0.6 is 0 Å². The highest BCUT2D eigenvalue weighted by Gasteiger charge is 2.36. The minimum atomic E-state index is -2.11. The number of rotatable bonds is 7. The van der Waals surface area contributed by atoms with E-state index in [0.29, 0.717) is 0 Å². The molecule has 106 valence electrons. The number of aliphatic hydroxyl groups excluding tert-OH is 5. The van der Waals surface area contributed by atoms with Crippen molar-refractivity contribution in [1.82, 2.24) is 0 Å². The topological polar surface area (TPSA) is 145 Å². The molecular weight excluding hydrogens is 248 g/mol. The fraction of sp³-hybridized carbons (Fsp3) is 0.800. The molecule has 0 aromatic carbocycles. The molecule has 0 saturated carbocycles. The predicted molar refractivity (Wildman–Crippen MR) is 57.3 cm³/mol. The first-order valence-corrected chi connectivity index (χ1v) is 4.93. The number of carbonyl (C=O) groups excluding carboxylic acids is 2. The van der Waals surface area contributed by atoms with E-state index in [2.05, 4.69) is 4.74 Å². The summed E-state index contributed by atoms with van der Waals surface area (Å²) in [5.74, 6) is -2.03. The molecular formula is C10H18O8. The maximum atomic E-state index is 11.0. The Bertz CT molecular complexity index is 326. The Morgan fingerprint density at radius 3 is 2.17 bits per heavy atom. The van der Waals surface area contributed by atoms with E-state index in [1.165, 1.54) is 0 Å². The van der Waals surface area contributed by atoms with Crippen LogP contribution in [0.2, 0.25) is 0 Å². The molecule has 18 heavy (non-hydrogen) atoms. The third kappa shape index (κ3) is 5.07. The molecule has 0 amide bonds. The zero-order valence-electron chi connectivity index (χ0n) is 11.5. The van der Waals surface area contributed by atoms with Crippen LogP contribution in [-0.2, 0) is 14.3 Å². The smallest absolute Gasteiger partial charge is 0.302 e. The fourth-order valence-electron chi connectivity index (χ4n) is 1.08. The van der Waals surface area contributed by atoms with Crippen molar-refractivity contribution in [2.24, 2.45) is 0 Å². The molecule has 0 aliphatic rings. The Labute approximate surface area is 106 Å². The van der Waals surface area contributed by atoms with Crippen LogP contribution in [0.15, 0.2) is 0 Å². The van der Waals surface area contributed by atoms with Gasteiger partial charge < -0.3 is 30.3 Å². The Morgan fingerprint density at radius 2 is 1.67 bits per heavy atom. The van der Waals surface area contributed by atoms with Crippen molar-refractivity contribution < 1.29 is 42.6 Å². The lowest BCUT2D eigenvalue weighted by atomic mass is 9.98. The highest BCUT2D eigenvalue weighted by Crippen LogP contribution is 2.09. The highest BCUT2D eigenvalue weighted by molar-refractivity contribution is 5.80. The van der Waals surface area contributed by atoms with E-state index in [1.54, 1.807) is 0 Å². The van der Waals surface area contributed by atoms with Crippen LogP contribution in [0.25, 0.3) is 0 Å². The quantitative estimate of drug-likeness (QED) is 0.306. The summed E-state index contributed by atoms with van der Waals surface area (Å²) in [5, 5.41) is 47.0. The number of esters is 1. The van der Waals surface area contributed by atoms with Crippen LogP contribution in [0, 0.1) is 0 Å². The summed E-state index contributed by atoms with van der Waals surface area (Å²) >= 11 is 0. The lowest BCUT2D eigenvalue weighted by Crippen LogP contribution is -2.51. The van der Waals surface area contributed by atoms with Crippen molar-refractivity contribution in [3.05, 3.63) is 0 Å². The van der Waals surface area contributed by atoms with E-state index in [-0.39, 0.29) is 0 Å². The Morgan fingerprint density at radius 1 is 1.06 bits per heavy atom. The molecule has 0 rings (SSSR count). The second-order valence-corrected chi connectivity index (χ2v) is 3.63. The van der Waals surface area contributed by atoms with Crippen LogP contribution in [-0.4, -0.2) is 74.4 Å². The van der Waals surface area contributed by atoms with Gasteiger partial charge in [0.15, 0.2) is 5.78 Å². The molecule has 1 unspecified atom stereocenters. The number of aliphatic hydroxyl groups is 5. The van der Waals surface area contributed by atoms with E-state index >= 15 is 0 Å². The zero-order chi connectivity index (χ0) is 15.9. The van der Waals surface area contributed by atoms with Crippen molar-refractivity contribution in [3.63, 3.8) is 0 Å². The molecule has 0 bridgehead atoms. The third-order valence-corrected chi connectivity index (χ3v) is 2.16. The number of Topliss-reactive ketones (excluding diaryl/α,β-unsaturated/α-hetero) is 1. The summed E-state index contributed by atoms with van der Waals surface area (Å²) < 4.78 is 17.7. The summed E-state index contributed by atoms with van der Waals surface area (Å²) in [7, 11) is 0. The lowest BCUT2D eigenvalue weighted by molar-refractivity contribution is -0.161. The maximum Gasteiger partial charge on any atom is 0.302 e. The third-order valence-electron chi connectivity index (χ3n) is 2.16. The molecule has 5 atom stereocenters. The van der Waals surface area contributed by atoms with Gasteiger partial charge in [0.1, 0.15) is 37.1 Å². The van der Waals surface area contributed by atoms with Gasteiger partial charge >= 0.3 is 5.97 Å². The number of ketones is 1. The van der Waals surface area contributed by atoms with Gasteiger partial charge in [0.25, 0.3) is 0 Å². The standard InChI is InChI=1S/C10H18O8/c1-4(11)7(14)9(16)10(17)8(15)6(13)3-18-5(2)12/h6-10,13-17H,3H2,1-2H3/t6-,7?,8-,9+,10+/m1/s1/i1D,2D. The lowest BCUT2D eigenvalue weighted by Gasteiger charge is -2.27. The molecule has 0 aliphatic heterocycles. The molecule has 0 spiro atoms. The first-order chi connectivity index (χ1) is 9.26. The first-order valence-electron chi connectivity index (χ1n) is 6.34. The van der Waals surface area contributed by atoms with Gasteiger partial charge in [-0.3, -0.25) is 9.59 Å². The molecule has 0 heterocycles. The first kappa shape index (κ1) is 13.4. The van der Waals surface area contributed by atoms with E-state index < -0.39 is 62.7 Å². The minimum absolute atomic E-state index is 0.690. The van der Waals surface area contributed by atoms with Gasteiger partial charge in [0, 0.05) is 9.64 Å². The summed E-state index contributed by atoms with van der Waals surface area (Å²) in [6.07, 6.45) is -10.1. The number of hydrogen-bond donors (Lipinski definition) is 5. The molecule has 0 fully saturated rings. The summed E-state index contributed by atoms with van der Waals surface area (Å²) in [4.78, 5) is 21.6. The van der Waals surface area contributed by atoms with Gasteiger partial charge in [-0.05, 0) is 6.90 Å². The van der Waals surface area contributed by atoms with Crippen molar-refractivity contribution in [1.29, 1.82) is 0 Å². The fourth-order valence-corrected chi connectivity index (χ4v) is 1.08. The number of carbonyl (C=O) groups is 2. The Hall–Kier alpha value is -1.06. The average molecular weight is 268 g/mol. The summed E-state index contributed by atoms with van der Waals surface area (Å²) in [6, 6.07) is 0. The molecule has 0 aromatic rings. The number of ether oxygens (including phenoxy) is 1. The Kier molecular flexibility index (Phi) is 5.49. The number of hydrogen-bond acceptors (Lipinski definition) is 8. The zero-order valence-corrected chi connectivity index (χ0v) is 9.47. The van der Waals surface area contributed by atoms with Crippen LogP contribution < -0.4 is 0 Å². The molecule has 8 heteroatoms. The molecule has 0 aromatic heterocycles. The largest absolute Gasteiger partial charge is 0.463 e. The molecule has 0 saturated heterocycles. The minimum Gasteiger partial charge on any atom is -0.463 e. The van der Waals surface area contributed by atoms with E-state index in [9.17, 15) is 35.1 Å². The SMILES string of the molecule is [2H]CC(=O)OC[C@@H](O)[C@@H](O)[C@H](O)[C@@H](O)C(O)C(=O)C[2H]. The van der Waals surface area contributed by atoms with Crippen LogP contribution in [0.5, 0.6) is 0 Å². The second kappa shape index (κ2) is 7.39. The highest BCUT2D eigenvalue weighted by atomic mass is 16.5. The van der Waals surface area contributed by atoms with E-state index in [0.717, 1.165) is 0 Å². The van der Waals surface area contributed by atoms with Gasteiger partial charge in [0.2, 0.25) is 0 Å². The Balaban J connectivity index is 4.47. The van der Waals surface area contributed by atoms with E-state index in [4.69, 9.17) is 2.74 Å². The monoisotopic (exact) mass is 268 g/mol. The normalized spacial score (nSPS) is 20.9. The van der Waals surface area contributed by atoms with Crippen molar-refractivity contribution >= 4 is 11.8 Å². The summed E-state index contributed by atoms with van der Waals surface area (Å²) in [5.41, 5.74) is 0. The van der Waals surface area contributed by atoms with Crippen LogP contribution in [0.1, 0.15) is 16.5 Å². The van der Waals surface area contributed by atoms with Crippen LogP contribution in [0.3, 0.4) is 0 Å². The van der Waals surface area contributed by atoms with Crippen molar-refractivity contribution in [2.75, 3.05) is 6.61 Å². The maximum absolute atomic E-state index is 11.0. The van der Waals surface area contributed by atoms with Gasteiger partial charge in [0.05, 0.1) is 0 Å². The van der Waals surface area contributed by atoms with Gasteiger partial charge in [-0.1, -0.05) is 0 Å². The van der Waals surface area contributed by atoms with Crippen LogP contribution in [0.4, 0.5) is 0 Å². The molecule has 8 nitrogen and oxygen atoms in total. The summed E-state index contributed by atoms with van der Waals surface area (Å²) in [6.45, 7) is -2.25. The van der Waals surface area contributed by atoms with Gasteiger partial charge in [-0.2, -0.15) is 0 Å². The van der Waals surface area contributed by atoms with Crippen molar-refractivity contribution in [2.45, 2.75) is 44.3 Å². The average Bonchev–Trinajstić information content (AvgIpc) is 2.47. The van der Waals surface area contributed by atoms with E-state index in [1.807, 2.05) is 0 Å². The molecule has 0 aliphatic carbocycles. The molecule has 0 radical (unpaired) electrons. The van der Waals surface area contributed by atoms with Gasteiger partial charge in [-0.25, -0.2) is 0 Å². The van der Waals surface area contributed by atoms with Gasteiger partial charge in [-0.15, -0.1) is 0 Å². The van der Waals surface area contributed by atoms with Crippen molar-refractivity contribution in [3.8, 4) is 0 Å².